The minimum atomic E-state index is -3.72. The van der Waals surface area contributed by atoms with Gasteiger partial charge in [-0.3, -0.25) is 4.79 Å². The van der Waals surface area contributed by atoms with Crippen molar-refractivity contribution in [2.24, 2.45) is 0 Å². The Balaban J connectivity index is 1.66. The molecule has 0 aliphatic carbocycles. The lowest BCUT2D eigenvalue weighted by Gasteiger charge is -2.26. The van der Waals surface area contributed by atoms with Crippen LogP contribution in [-0.4, -0.2) is 57.0 Å². The lowest BCUT2D eigenvalue weighted by atomic mass is 10.1. The Morgan fingerprint density at radius 3 is 2.56 bits per heavy atom. The number of amides is 1. The van der Waals surface area contributed by atoms with Gasteiger partial charge in [-0.1, -0.05) is 30.3 Å². The molecule has 0 spiro atoms. The van der Waals surface area contributed by atoms with Crippen molar-refractivity contribution in [1.82, 2.24) is 9.29 Å². The summed E-state index contributed by atoms with van der Waals surface area (Å²) in [6, 6.07) is 13.9. The second kappa shape index (κ2) is 9.37. The van der Waals surface area contributed by atoms with Gasteiger partial charge in [-0.05, 0) is 25.1 Å². The summed E-state index contributed by atoms with van der Waals surface area (Å²) in [4.78, 5) is 18.2. The first-order chi connectivity index (χ1) is 15.4. The summed E-state index contributed by atoms with van der Waals surface area (Å²) in [7, 11) is -2.25. The molecule has 32 heavy (non-hydrogen) atoms. The highest BCUT2D eigenvalue weighted by Crippen LogP contribution is 2.32. The van der Waals surface area contributed by atoms with Crippen molar-refractivity contribution >= 4 is 33.0 Å². The monoisotopic (exact) mass is 473 g/mol. The van der Waals surface area contributed by atoms with Crippen LogP contribution in [0.3, 0.4) is 0 Å². The van der Waals surface area contributed by atoms with Gasteiger partial charge in [-0.15, -0.1) is 11.3 Å². The van der Waals surface area contributed by atoms with Gasteiger partial charge in [0.05, 0.1) is 41.6 Å². The smallest absolute Gasteiger partial charge is 0.268 e. The van der Waals surface area contributed by atoms with Gasteiger partial charge in [-0.25, -0.2) is 13.4 Å². The predicted octanol–water partition coefficient (Wildman–Crippen LogP) is 3.40. The molecule has 4 rings (SSSR count). The van der Waals surface area contributed by atoms with Crippen LogP contribution in [0.1, 0.15) is 14.7 Å². The number of benzene rings is 2. The first-order valence-electron chi connectivity index (χ1n) is 10.0. The van der Waals surface area contributed by atoms with Gasteiger partial charge in [0.15, 0.2) is 0 Å². The first kappa shape index (κ1) is 22.4. The van der Waals surface area contributed by atoms with Crippen molar-refractivity contribution in [2.75, 3.05) is 38.7 Å². The Morgan fingerprint density at radius 2 is 1.88 bits per heavy atom. The summed E-state index contributed by atoms with van der Waals surface area (Å²) in [5.74, 6) is -0.0181. The third-order valence-corrected chi connectivity index (χ3v) is 7.88. The normalized spacial score (nSPS) is 14.8. The minimum Gasteiger partial charge on any atom is -0.495 e. The standard InChI is InChI=1S/C22H23N3O5S2/c1-15-23-20(16-6-4-3-5-7-16)21(31-15)22(26)24-18-14-17(8-9-19(18)29-2)32(27,28)25-10-12-30-13-11-25/h3-9,14H,10-13H2,1-2H3,(H,24,26). The Hall–Kier alpha value is -2.79. The number of ether oxygens (including phenoxy) is 2. The van der Waals surface area contributed by atoms with Gasteiger partial charge in [0.25, 0.3) is 5.91 Å². The average Bonchev–Trinajstić information content (AvgIpc) is 3.22. The molecule has 3 aromatic rings. The molecule has 0 atom stereocenters. The highest BCUT2D eigenvalue weighted by atomic mass is 32.2. The summed E-state index contributed by atoms with van der Waals surface area (Å²) in [6.07, 6.45) is 0. The van der Waals surface area contributed by atoms with Crippen LogP contribution in [0.4, 0.5) is 5.69 Å². The number of nitrogens with zero attached hydrogens (tertiary/aromatic N) is 2. The predicted molar refractivity (Wildman–Crippen MR) is 123 cm³/mol. The van der Waals surface area contributed by atoms with E-state index in [-0.39, 0.29) is 29.6 Å². The van der Waals surface area contributed by atoms with Gasteiger partial charge in [-0.2, -0.15) is 4.31 Å². The number of sulfonamides is 1. The lowest BCUT2D eigenvalue weighted by Crippen LogP contribution is -2.40. The molecule has 0 radical (unpaired) electrons. The fourth-order valence-corrected chi connectivity index (χ4v) is 5.70. The molecule has 1 aromatic heterocycles. The van der Waals surface area contributed by atoms with Crippen molar-refractivity contribution in [2.45, 2.75) is 11.8 Å². The molecule has 1 saturated heterocycles. The van der Waals surface area contributed by atoms with E-state index >= 15 is 0 Å². The SMILES string of the molecule is COc1ccc(S(=O)(=O)N2CCOCC2)cc1NC(=O)c1sc(C)nc1-c1ccccc1. The van der Waals surface area contributed by atoms with Crippen LogP contribution in [0, 0.1) is 6.92 Å². The number of nitrogens with one attached hydrogen (secondary N) is 1. The highest BCUT2D eigenvalue weighted by Gasteiger charge is 2.28. The summed E-state index contributed by atoms with van der Waals surface area (Å²) < 4.78 is 38.1. The van der Waals surface area contributed by atoms with Gasteiger partial charge in [0.1, 0.15) is 10.6 Å². The second-order valence-electron chi connectivity index (χ2n) is 7.11. The largest absolute Gasteiger partial charge is 0.495 e. The van der Waals surface area contributed by atoms with Crippen LogP contribution in [0.15, 0.2) is 53.4 Å². The molecule has 1 fully saturated rings. The zero-order chi connectivity index (χ0) is 22.7. The third-order valence-electron chi connectivity index (χ3n) is 5.01. The van der Waals surface area contributed by atoms with E-state index in [1.165, 1.54) is 34.9 Å². The zero-order valence-electron chi connectivity index (χ0n) is 17.7. The fraction of sp³-hybridized carbons (Fsp3) is 0.273. The van der Waals surface area contributed by atoms with Crippen molar-refractivity contribution < 1.29 is 22.7 Å². The van der Waals surface area contributed by atoms with Gasteiger partial charge < -0.3 is 14.8 Å². The van der Waals surface area contributed by atoms with Crippen molar-refractivity contribution in [3.63, 3.8) is 0 Å². The van der Waals surface area contributed by atoms with E-state index in [9.17, 15) is 13.2 Å². The summed E-state index contributed by atoms with van der Waals surface area (Å²) in [5.41, 5.74) is 1.69. The van der Waals surface area contributed by atoms with Crippen LogP contribution in [0.5, 0.6) is 5.75 Å². The Kier molecular flexibility index (Phi) is 6.56. The van der Waals surface area contributed by atoms with Crippen molar-refractivity contribution in [3.05, 3.63) is 58.4 Å². The van der Waals surface area contributed by atoms with E-state index in [4.69, 9.17) is 9.47 Å². The molecule has 0 bridgehead atoms. The number of aromatic nitrogens is 1. The number of carbonyl (C=O) groups excluding carboxylic acids is 1. The van der Waals surface area contributed by atoms with Crippen molar-refractivity contribution in [1.29, 1.82) is 0 Å². The van der Waals surface area contributed by atoms with Gasteiger partial charge in [0.2, 0.25) is 10.0 Å². The molecule has 168 valence electrons. The first-order valence-corrected chi connectivity index (χ1v) is 12.3. The molecule has 1 amide bonds. The van der Waals surface area contributed by atoms with E-state index in [0.717, 1.165) is 10.6 Å². The molecule has 2 heterocycles. The number of anilines is 1. The van der Waals surface area contributed by atoms with Gasteiger partial charge in [0, 0.05) is 18.7 Å². The number of thiazole rings is 1. The Labute approximate surface area is 190 Å². The van der Waals surface area contributed by atoms with Crippen LogP contribution < -0.4 is 10.1 Å². The summed E-state index contributed by atoms with van der Waals surface area (Å²) in [6.45, 7) is 3.12. The fourth-order valence-electron chi connectivity index (χ4n) is 3.43. The molecule has 1 aliphatic heterocycles. The maximum absolute atomic E-state index is 13.2. The number of hydrogen-bond acceptors (Lipinski definition) is 7. The quantitative estimate of drug-likeness (QED) is 0.589. The maximum Gasteiger partial charge on any atom is 0.268 e. The minimum absolute atomic E-state index is 0.0827. The number of carbonyl (C=O) groups is 1. The number of rotatable bonds is 6. The number of morpholine rings is 1. The van der Waals surface area contributed by atoms with E-state index < -0.39 is 10.0 Å². The Bertz CT molecular complexity index is 1220. The highest BCUT2D eigenvalue weighted by molar-refractivity contribution is 7.89. The lowest BCUT2D eigenvalue weighted by molar-refractivity contribution is 0.0730. The number of aryl methyl sites for hydroxylation is 1. The number of hydrogen-bond donors (Lipinski definition) is 1. The van der Waals surface area contributed by atoms with E-state index in [0.29, 0.717) is 29.5 Å². The molecule has 2 aromatic carbocycles. The molecule has 0 saturated carbocycles. The van der Waals surface area contributed by atoms with E-state index in [2.05, 4.69) is 10.3 Å². The van der Waals surface area contributed by atoms with Gasteiger partial charge >= 0.3 is 0 Å². The third kappa shape index (κ3) is 4.53. The molecule has 0 unspecified atom stereocenters. The molecule has 10 heteroatoms. The van der Waals surface area contributed by atoms with Crippen molar-refractivity contribution in [3.8, 4) is 17.0 Å². The zero-order valence-corrected chi connectivity index (χ0v) is 19.3. The molecular formula is C22H23N3O5S2. The topological polar surface area (TPSA) is 97.8 Å². The number of methoxy groups -OCH3 is 1. The van der Waals surface area contributed by atoms with E-state index in [1.807, 2.05) is 37.3 Å². The Morgan fingerprint density at radius 1 is 1.16 bits per heavy atom. The molecule has 1 N–H and O–H groups in total. The summed E-state index contributed by atoms with van der Waals surface area (Å²) in [5, 5.41) is 3.57. The summed E-state index contributed by atoms with van der Waals surface area (Å²) >= 11 is 1.28. The van der Waals surface area contributed by atoms with Crippen LogP contribution >= 0.6 is 11.3 Å². The second-order valence-corrected chi connectivity index (χ2v) is 10.3. The average molecular weight is 474 g/mol. The molecular weight excluding hydrogens is 450 g/mol. The molecule has 8 nitrogen and oxygen atoms in total. The van der Waals surface area contributed by atoms with Crippen LogP contribution in [0.25, 0.3) is 11.3 Å². The van der Waals surface area contributed by atoms with Crippen LogP contribution in [0.2, 0.25) is 0 Å². The van der Waals surface area contributed by atoms with Crippen LogP contribution in [-0.2, 0) is 14.8 Å². The molecule has 1 aliphatic rings. The van der Waals surface area contributed by atoms with E-state index in [1.54, 1.807) is 6.07 Å². The maximum atomic E-state index is 13.2.